The zero-order chi connectivity index (χ0) is 18.9. The Morgan fingerprint density at radius 2 is 1.70 bits per heavy atom. The van der Waals surface area contributed by atoms with Crippen LogP contribution < -0.4 is 5.32 Å². The van der Waals surface area contributed by atoms with Gasteiger partial charge in [-0.3, -0.25) is 4.79 Å². The van der Waals surface area contributed by atoms with Crippen LogP contribution in [0.15, 0.2) is 48.5 Å². The Morgan fingerprint density at radius 1 is 1.04 bits per heavy atom. The van der Waals surface area contributed by atoms with Gasteiger partial charge in [0.25, 0.3) is 0 Å². The van der Waals surface area contributed by atoms with Crippen LogP contribution in [-0.4, -0.2) is 47.7 Å². The Balaban J connectivity index is 1.36. The van der Waals surface area contributed by atoms with Crippen molar-refractivity contribution in [3.63, 3.8) is 0 Å². The molecule has 0 spiro atoms. The molecule has 3 nitrogen and oxygen atoms in total. The van der Waals surface area contributed by atoms with E-state index in [0.29, 0.717) is 5.75 Å². The van der Waals surface area contributed by atoms with Crippen LogP contribution in [0.25, 0.3) is 0 Å². The molecule has 3 rings (SSSR count). The van der Waals surface area contributed by atoms with Gasteiger partial charge in [-0.15, -0.1) is 11.8 Å². The number of halogens is 1. The van der Waals surface area contributed by atoms with Gasteiger partial charge in [0.1, 0.15) is 0 Å². The van der Waals surface area contributed by atoms with Gasteiger partial charge in [-0.05, 0) is 41.8 Å². The lowest BCUT2D eigenvalue weighted by atomic mass is 10.1. The van der Waals surface area contributed by atoms with Crippen molar-refractivity contribution >= 4 is 46.7 Å². The fourth-order valence-corrected chi connectivity index (χ4v) is 4.80. The third kappa shape index (κ3) is 7.41. The second-order valence-corrected chi connectivity index (χ2v) is 9.22. The quantitative estimate of drug-likeness (QED) is 0.664. The highest BCUT2D eigenvalue weighted by Crippen LogP contribution is 2.17. The Labute approximate surface area is 175 Å². The lowest BCUT2D eigenvalue weighted by molar-refractivity contribution is -0.113. The number of hydrogen-bond donors (Lipinski definition) is 1. The number of thioether (sulfide) groups is 2. The first-order valence-electron chi connectivity index (χ1n) is 9.20. The first-order valence-corrected chi connectivity index (χ1v) is 11.9. The fraction of sp³-hybridized carbons (Fsp3) is 0.381. The molecule has 0 aliphatic carbocycles. The summed E-state index contributed by atoms with van der Waals surface area (Å²) in [5, 5.41) is 3.71. The molecule has 1 N–H and O–H groups in total. The largest absolute Gasteiger partial charge is 0.325 e. The van der Waals surface area contributed by atoms with Crippen LogP contribution in [0.5, 0.6) is 0 Å². The van der Waals surface area contributed by atoms with E-state index in [1.54, 1.807) is 11.8 Å². The second-order valence-electron chi connectivity index (χ2n) is 6.57. The van der Waals surface area contributed by atoms with Gasteiger partial charge in [-0.2, -0.15) is 11.8 Å². The van der Waals surface area contributed by atoms with E-state index < -0.39 is 0 Å². The summed E-state index contributed by atoms with van der Waals surface area (Å²) in [5.74, 6) is 3.78. The first kappa shape index (κ1) is 20.6. The van der Waals surface area contributed by atoms with E-state index in [4.69, 9.17) is 11.6 Å². The monoisotopic (exact) mass is 420 g/mol. The molecule has 27 heavy (non-hydrogen) atoms. The first-order chi connectivity index (χ1) is 13.2. The maximum atomic E-state index is 12.1. The minimum Gasteiger partial charge on any atom is -0.325 e. The molecule has 2 aromatic rings. The lowest BCUT2D eigenvalue weighted by Gasteiger charge is -2.26. The molecule has 0 radical (unpaired) electrons. The number of carbonyl (C=O) groups excluding carboxylic acids is 1. The zero-order valence-electron chi connectivity index (χ0n) is 15.3. The highest BCUT2D eigenvalue weighted by Gasteiger charge is 2.10. The maximum absolute atomic E-state index is 12.1. The average molecular weight is 421 g/mol. The van der Waals surface area contributed by atoms with Crippen LogP contribution in [0, 0.1) is 0 Å². The molecular weight excluding hydrogens is 396 g/mol. The third-order valence-corrected chi connectivity index (χ3v) is 6.67. The Bertz CT molecular complexity index is 716. The number of benzene rings is 2. The number of anilines is 1. The molecule has 0 unspecified atom stereocenters. The van der Waals surface area contributed by atoms with E-state index >= 15 is 0 Å². The van der Waals surface area contributed by atoms with Gasteiger partial charge in [-0.25, -0.2) is 0 Å². The molecule has 1 saturated heterocycles. The van der Waals surface area contributed by atoms with E-state index in [1.165, 1.54) is 35.7 Å². The molecule has 1 aliphatic heterocycles. The molecule has 0 saturated carbocycles. The van der Waals surface area contributed by atoms with Crippen LogP contribution >= 0.6 is 35.1 Å². The predicted octanol–water partition coefficient (Wildman–Crippen LogP) is 4.80. The van der Waals surface area contributed by atoms with Gasteiger partial charge < -0.3 is 10.2 Å². The third-order valence-electron chi connectivity index (χ3n) is 4.47. The van der Waals surface area contributed by atoms with E-state index in [-0.39, 0.29) is 5.91 Å². The van der Waals surface area contributed by atoms with Crippen molar-refractivity contribution in [3.05, 3.63) is 64.7 Å². The molecule has 1 aliphatic rings. The Kier molecular flexibility index (Phi) is 8.39. The summed E-state index contributed by atoms with van der Waals surface area (Å²) in [5.41, 5.74) is 3.36. The number of hydrogen-bond acceptors (Lipinski definition) is 4. The summed E-state index contributed by atoms with van der Waals surface area (Å²) in [6.07, 6.45) is 1.07. The van der Waals surface area contributed by atoms with E-state index in [9.17, 15) is 4.79 Å². The smallest absolute Gasteiger partial charge is 0.234 e. The minimum atomic E-state index is 0.0348. The van der Waals surface area contributed by atoms with Crippen LogP contribution in [0.3, 0.4) is 0 Å². The molecule has 0 aromatic heterocycles. The van der Waals surface area contributed by atoms with Crippen molar-refractivity contribution in [1.82, 2.24) is 4.90 Å². The van der Waals surface area contributed by atoms with Crippen LogP contribution in [-0.2, 0) is 17.0 Å². The summed E-state index contributed by atoms with van der Waals surface area (Å²) < 4.78 is 0. The molecule has 2 aromatic carbocycles. The minimum absolute atomic E-state index is 0.0348. The SMILES string of the molecule is O=C(CSCc1ccc(Cl)cc1)Nc1ccc(CCN2CCSCC2)cc1. The predicted molar refractivity (Wildman–Crippen MR) is 120 cm³/mol. The molecule has 144 valence electrons. The van der Waals surface area contributed by atoms with Gasteiger partial charge in [0.2, 0.25) is 5.91 Å². The number of nitrogens with zero attached hydrogens (tertiary/aromatic N) is 1. The van der Waals surface area contributed by atoms with Gasteiger partial charge in [0.05, 0.1) is 5.75 Å². The summed E-state index contributed by atoms with van der Waals surface area (Å²) in [7, 11) is 0. The highest BCUT2D eigenvalue weighted by molar-refractivity contribution is 7.99. The molecule has 6 heteroatoms. The molecular formula is C21H25ClN2OS2. The summed E-state index contributed by atoms with van der Waals surface area (Å²) in [6, 6.07) is 16.0. The van der Waals surface area contributed by atoms with Gasteiger partial charge in [-0.1, -0.05) is 35.9 Å². The van der Waals surface area contributed by atoms with E-state index in [1.807, 2.05) is 48.2 Å². The Hall–Kier alpha value is -1.14. The van der Waals surface area contributed by atoms with Gasteiger partial charge in [0.15, 0.2) is 0 Å². The number of amides is 1. The molecule has 1 heterocycles. The fourth-order valence-electron chi connectivity index (χ4n) is 2.91. The standard InChI is InChI=1S/C21H25ClN2OS2/c22-19-5-1-18(2-6-19)15-27-16-21(25)23-20-7-3-17(4-8-20)9-10-24-11-13-26-14-12-24/h1-8H,9-16H2,(H,23,25). The summed E-state index contributed by atoms with van der Waals surface area (Å²) in [6.45, 7) is 3.52. The Morgan fingerprint density at radius 3 is 2.41 bits per heavy atom. The molecule has 1 amide bonds. The molecule has 1 fully saturated rings. The highest BCUT2D eigenvalue weighted by atomic mass is 35.5. The van der Waals surface area contributed by atoms with E-state index in [0.717, 1.165) is 29.4 Å². The lowest BCUT2D eigenvalue weighted by Crippen LogP contribution is -2.34. The van der Waals surface area contributed by atoms with Crippen molar-refractivity contribution in [1.29, 1.82) is 0 Å². The summed E-state index contributed by atoms with van der Waals surface area (Å²) in [4.78, 5) is 14.6. The zero-order valence-corrected chi connectivity index (χ0v) is 17.7. The van der Waals surface area contributed by atoms with Crippen molar-refractivity contribution in [3.8, 4) is 0 Å². The maximum Gasteiger partial charge on any atom is 0.234 e. The van der Waals surface area contributed by atoms with E-state index in [2.05, 4.69) is 22.3 Å². The molecule has 0 atom stereocenters. The van der Waals surface area contributed by atoms with Crippen molar-refractivity contribution in [2.45, 2.75) is 12.2 Å². The van der Waals surface area contributed by atoms with Crippen molar-refractivity contribution in [2.24, 2.45) is 0 Å². The van der Waals surface area contributed by atoms with Crippen LogP contribution in [0.2, 0.25) is 5.02 Å². The van der Waals surface area contributed by atoms with Crippen molar-refractivity contribution < 1.29 is 4.79 Å². The van der Waals surface area contributed by atoms with Crippen LogP contribution in [0.4, 0.5) is 5.69 Å². The van der Waals surface area contributed by atoms with Crippen molar-refractivity contribution in [2.75, 3.05) is 42.2 Å². The summed E-state index contributed by atoms with van der Waals surface area (Å²) >= 11 is 9.53. The number of rotatable bonds is 8. The number of carbonyl (C=O) groups is 1. The normalized spacial score (nSPS) is 14.9. The molecule has 0 bridgehead atoms. The topological polar surface area (TPSA) is 32.3 Å². The second kappa shape index (κ2) is 11.0. The van der Waals surface area contributed by atoms with Crippen LogP contribution in [0.1, 0.15) is 11.1 Å². The number of nitrogens with one attached hydrogen (secondary N) is 1. The average Bonchev–Trinajstić information content (AvgIpc) is 2.70. The van der Waals surface area contributed by atoms with Gasteiger partial charge in [0, 0.05) is 47.6 Å². The van der Waals surface area contributed by atoms with Gasteiger partial charge >= 0.3 is 0 Å².